The van der Waals surface area contributed by atoms with Crippen molar-refractivity contribution in [2.45, 2.75) is 130 Å². The minimum absolute atomic E-state index is 0.0538. The number of aromatic carboxylic acids is 1. The highest BCUT2D eigenvalue weighted by molar-refractivity contribution is 8.00. The number of thioether (sulfide) groups is 1. The van der Waals surface area contributed by atoms with E-state index in [-0.39, 0.29) is 53.6 Å². The molecule has 0 spiro atoms. The number of nitrogens with one attached hydrogen (secondary N) is 4. The van der Waals surface area contributed by atoms with Crippen LogP contribution in [-0.4, -0.2) is 160 Å². The minimum atomic E-state index is -1.20. The molecule has 3 fully saturated rings. The Labute approximate surface area is 515 Å². The molecule has 5 N–H and O–H groups in total. The van der Waals surface area contributed by atoms with Crippen LogP contribution in [0.5, 0.6) is 5.75 Å². The van der Waals surface area contributed by atoms with Gasteiger partial charge in [0.1, 0.15) is 51.6 Å². The molecule has 6 aromatic rings. The Bertz CT molecular complexity index is 3540. The van der Waals surface area contributed by atoms with Gasteiger partial charge in [0, 0.05) is 123 Å². The second-order valence-corrected chi connectivity index (χ2v) is 24.1. The van der Waals surface area contributed by atoms with Gasteiger partial charge in [-0.15, -0.1) is 0 Å². The van der Waals surface area contributed by atoms with Crippen LogP contribution in [0.3, 0.4) is 0 Å². The van der Waals surface area contributed by atoms with Crippen LogP contribution in [0.25, 0.3) is 34.0 Å². The summed E-state index contributed by atoms with van der Waals surface area (Å²) in [5.74, 6) is 2.62. The SMILES string of the molecule is COOc1c(C)oc(-c2cc(CN3CCN(Cc4cc(-c5oc(C)c(C=O)c5C)cc(C=O)n4)CCN(Cc4cc(-c5oc(C)c(C(=O)NCCCCCCNC(=O)CCCCC6SCC7NC(=O)NC76)c5C)cc(C=O)n4)CC3)nc(C(=O)O)c2)c1C. The molecule has 0 aliphatic carbocycles. The molecule has 6 aromatic heterocycles. The number of furan rings is 3. The molecule has 3 atom stereocenters. The maximum absolute atomic E-state index is 13.7. The molecule has 24 heteroatoms. The number of carboxylic acid groups (broad SMARTS) is 1. The first-order chi connectivity index (χ1) is 42.4. The highest BCUT2D eigenvalue weighted by atomic mass is 32.2. The molecule has 9 rings (SSSR count). The molecule has 9 heterocycles. The van der Waals surface area contributed by atoms with Gasteiger partial charge in [0.2, 0.25) is 11.7 Å². The lowest BCUT2D eigenvalue weighted by Gasteiger charge is -2.25. The summed E-state index contributed by atoms with van der Waals surface area (Å²) in [6.07, 6.45) is 8.72. The lowest BCUT2D eigenvalue weighted by atomic mass is 10.0. The molecule has 88 heavy (non-hydrogen) atoms. The van der Waals surface area contributed by atoms with Gasteiger partial charge in [-0.2, -0.15) is 16.6 Å². The summed E-state index contributed by atoms with van der Waals surface area (Å²) in [5, 5.41) is 22.7. The van der Waals surface area contributed by atoms with Crippen LogP contribution in [0.15, 0.2) is 49.6 Å². The first-order valence-corrected chi connectivity index (χ1v) is 31.0. The van der Waals surface area contributed by atoms with Gasteiger partial charge in [0.05, 0.1) is 47.4 Å². The van der Waals surface area contributed by atoms with Gasteiger partial charge in [-0.05, 0) is 104 Å². The Kier molecular flexibility index (Phi) is 21.8. The third-order valence-corrected chi connectivity index (χ3v) is 18.0. The predicted octanol–water partition coefficient (Wildman–Crippen LogP) is 8.53. The lowest BCUT2D eigenvalue weighted by molar-refractivity contribution is -0.179. The second kappa shape index (κ2) is 29.8. The van der Waals surface area contributed by atoms with E-state index in [1.54, 1.807) is 46.8 Å². The normalized spacial score (nSPS) is 17.4. The van der Waals surface area contributed by atoms with E-state index in [4.69, 9.17) is 33.0 Å². The molecule has 3 saturated heterocycles. The summed E-state index contributed by atoms with van der Waals surface area (Å²) in [7, 11) is 1.39. The van der Waals surface area contributed by atoms with E-state index in [2.05, 4.69) is 41.0 Å². The van der Waals surface area contributed by atoms with Crippen molar-refractivity contribution in [1.82, 2.24) is 50.9 Å². The summed E-state index contributed by atoms with van der Waals surface area (Å²) >= 11 is 1.89. The van der Waals surface area contributed by atoms with Crippen molar-refractivity contribution in [3.05, 3.63) is 116 Å². The Morgan fingerprint density at radius 2 is 1.18 bits per heavy atom. The van der Waals surface area contributed by atoms with Gasteiger partial charge >= 0.3 is 12.0 Å². The molecule has 4 amide bonds. The van der Waals surface area contributed by atoms with Crippen molar-refractivity contribution in [3.63, 3.8) is 0 Å². The second-order valence-electron chi connectivity index (χ2n) is 22.9. The Morgan fingerprint density at radius 3 is 1.74 bits per heavy atom. The fourth-order valence-electron chi connectivity index (χ4n) is 12.0. The molecule has 0 saturated carbocycles. The van der Waals surface area contributed by atoms with Crippen molar-refractivity contribution in [1.29, 1.82) is 0 Å². The smallest absolute Gasteiger partial charge is 0.354 e. The average Bonchev–Trinajstić information content (AvgIpc) is 2.74. The molecular formula is C64H78N10O13S. The van der Waals surface area contributed by atoms with Crippen molar-refractivity contribution in [2.24, 2.45) is 0 Å². The number of rotatable bonds is 28. The van der Waals surface area contributed by atoms with E-state index in [1.807, 2.05) is 36.9 Å². The van der Waals surface area contributed by atoms with Crippen molar-refractivity contribution in [3.8, 4) is 39.7 Å². The quantitative estimate of drug-likeness (QED) is 0.0101. The van der Waals surface area contributed by atoms with Crippen molar-refractivity contribution in [2.75, 3.05) is 65.2 Å². The monoisotopic (exact) mass is 1230 g/mol. The fraction of sp³-hybridized carbons (Fsp3) is 0.469. The van der Waals surface area contributed by atoms with Gasteiger partial charge in [-0.25, -0.2) is 24.5 Å². The molecule has 3 aliphatic heterocycles. The number of pyridine rings is 3. The summed E-state index contributed by atoms with van der Waals surface area (Å²) in [6.45, 7) is 15.8. The number of aldehydes is 3. The number of aryl methyl sites for hydroxylation is 3. The first kappa shape index (κ1) is 64.4. The summed E-state index contributed by atoms with van der Waals surface area (Å²) in [6, 6.07) is 10.6. The number of aromatic nitrogens is 3. The van der Waals surface area contributed by atoms with Crippen LogP contribution in [0.2, 0.25) is 0 Å². The number of fused-ring (bicyclic) bond motifs is 1. The van der Waals surface area contributed by atoms with Crippen molar-refractivity contribution >= 4 is 54.4 Å². The van der Waals surface area contributed by atoms with Crippen LogP contribution in [0.4, 0.5) is 4.79 Å². The number of carbonyl (C=O) groups is 7. The van der Waals surface area contributed by atoms with Gasteiger partial charge in [0.15, 0.2) is 18.9 Å². The third kappa shape index (κ3) is 15.8. The number of urea groups is 1. The Hall–Kier alpha value is -8.03. The number of carboxylic acids is 1. The highest BCUT2D eigenvalue weighted by Crippen LogP contribution is 2.38. The van der Waals surface area contributed by atoms with Crippen molar-refractivity contribution < 1.29 is 61.7 Å². The van der Waals surface area contributed by atoms with E-state index in [0.717, 1.165) is 57.0 Å². The zero-order valence-corrected chi connectivity index (χ0v) is 51.8. The van der Waals surface area contributed by atoms with Crippen LogP contribution in [0.1, 0.15) is 155 Å². The molecule has 468 valence electrons. The number of unbranched alkanes of at least 4 members (excludes halogenated alkanes) is 4. The predicted molar refractivity (Wildman–Crippen MR) is 329 cm³/mol. The fourth-order valence-corrected chi connectivity index (χ4v) is 13.6. The third-order valence-electron chi connectivity index (χ3n) is 16.5. The Balaban J connectivity index is 0.857. The van der Waals surface area contributed by atoms with Crippen LogP contribution < -0.4 is 26.2 Å². The van der Waals surface area contributed by atoms with Gasteiger partial charge < -0.3 is 44.5 Å². The largest absolute Gasteiger partial charge is 0.477 e. The zero-order valence-electron chi connectivity index (χ0n) is 51.0. The van der Waals surface area contributed by atoms with Crippen LogP contribution in [-0.2, 0) is 29.3 Å². The number of nitrogens with zero attached hydrogens (tertiary/aromatic N) is 6. The van der Waals surface area contributed by atoms with Crippen LogP contribution >= 0.6 is 11.8 Å². The lowest BCUT2D eigenvalue weighted by Crippen LogP contribution is -2.36. The summed E-state index contributed by atoms with van der Waals surface area (Å²) in [5.41, 5.74) is 6.41. The number of hydrogen-bond donors (Lipinski definition) is 5. The molecule has 0 bridgehead atoms. The van der Waals surface area contributed by atoms with E-state index in [0.29, 0.717) is 192 Å². The van der Waals surface area contributed by atoms with Crippen LogP contribution in [0, 0.1) is 41.5 Å². The molecule has 3 unspecified atom stereocenters. The number of amides is 4. The van der Waals surface area contributed by atoms with Gasteiger partial charge in [-0.1, -0.05) is 19.3 Å². The van der Waals surface area contributed by atoms with Gasteiger partial charge in [0.25, 0.3) is 5.91 Å². The highest BCUT2D eigenvalue weighted by Gasteiger charge is 2.42. The number of carbonyl (C=O) groups excluding carboxylic acids is 6. The maximum atomic E-state index is 13.7. The van der Waals surface area contributed by atoms with E-state index >= 15 is 0 Å². The van der Waals surface area contributed by atoms with Gasteiger partial charge in [-0.3, -0.25) is 38.7 Å². The number of hydrogen-bond acceptors (Lipinski definition) is 19. The zero-order chi connectivity index (χ0) is 62.6. The molecule has 3 aliphatic rings. The molecule has 0 aromatic carbocycles. The first-order valence-electron chi connectivity index (χ1n) is 30.0. The minimum Gasteiger partial charge on any atom is -0.477 e. The summed E-state index contributed by atoms with van der Waals surface area (Å²) < 4.78 is 18.5. The van der Waals surface area contributed by atoms with E-state index < -0.39 is 5.97 Å². The van der Waals surface area contributed by atoms with E-state index in [1.165, 1.54) is 13.2 Å². The Morgan fingerprint density at radius 1 is 0.648 bits per heavy atom. The summed E-state index contributed by atoms with van der Waals surface area (Å²) in [4.78, 5) is 118. The van der Waals surface area contributed by atoms with E-state index in [9.17, 15) is 38.7 Å². The molecule has 23 nitrogen and oxygen atoms in total. The average molecular weight is 1230 g/mol. The standard InChI is InChI=1S/C64H78N10O13S/c1-37-51(35-77)40(4)84-59(37)43-24-46(67-49(27-43)33-75)30-72-18-19-73(21-23-74(22-20-72)32-48-26-45(29-52(69-48)63(80)81)61-39(3)58(87-83-7)42(6)86-61)31-47-25-44(28-50(34-76)68-47)60-38(2)56(41(5)85-60)62(79)66-17-13-9-8-12-16-65-55(78)15-11-10-14-54-57-53(36-88-54)70-64(82)71-57/h24-29,33-35,53-54,57H,8-23,30-32,36H2,1-7H3,(H,65,78)(H,66,79)(H,80,81)(H2,70,71,82). The molecule has 0 radical (unpaired) electrons. The maximum Gasteiger partial charge on any atom is 0.354 e. The topological polar surface area (TPSA) is 294 Å². The molecular weight excluding hydrogens is 1150 g/mol.